The maximum Gasteiger partial charge on any atom is 0.252 e. The molecule has 36 heavy (non-hydrogen) atoms. The van der Waals surface area contributed by atoms with Gasteiger partial charge in [-0.3, -0.25) is 4.79 Å². The summed E-state index contributed by atoms with van der Waals surface area (Å²) in [6, 6.07) is 23.4. The van der Waals surface area contributed by atoms with Crippen LogP contribution in [0.25, 0.3) is 0 Å². The highest BCUT2D eigenvalue weighted by atomic mass is 79.9. The predicted molar refractivity (Wildman–Crippen MR) is 144 cm³/mol. The summed E-state index contributed by atoms with van der Waals surface area (Å²) in [4.78, 5) is 18.7. The molecule has 2 N–H and O–H groups in total. The van der Waals surface area contributed by atoms with Crippen molar-refractivity contribution in [2.75, 3.05) is 13.2 Å². The van der Waals surface area contributed by atoms with Crippen molar-refractivity contribution in [3.63, 3.8) is 0 Å². The van der Waals surface area contributed by atoms with Crippen LogP contribution in [0.15, 0.2) is 82.3 Å². The molecule has 0 saturated carbocycles. The number of aryl methyl sites for hydroxylation is 1. The number of carbonyl (C=O) groups is 1. The number of halogens is 1. The molecule has 1 aliphatic rings. The molecule has 0 spiro atoms. The number of aliphatic hydroxyl groups is 1. The number of aliphatic hydroxyl groups excluding tert-OH is 1. The highest BCUT2D eigenvalue weighted by molar-refractivity contribution is 9.10. The number of benzene rings is 3. The lowest BCUT2D eigenvalue weighted by Gasteiger charge is -2.28. The van der Waals surface area contributed by atoms with E-state index < -0.39 is 11.6 Å². The van der Waals surface area contributed by atoms with Crippen molar-refractivity contribution in [2.45, 2.75) is 44.9 Å². The Balaban J connectivity index is 1.61. The molecule has 1 heterocycles. The topological polar surface area (TPSA) is 80.2 Å². The fourth-order valence-corrected chi connectivity index (χ4v) is 4.66. The number of nitrogens with zero attached hydrogens (tertiary/aromatic N) is 1. The van der Waals surface area contributed by atoms with Crippen LogP contribution in [-0.4, -0.2) is 41.8 Å². The molecule has 2 atom stereocenters. The Kier molecular flexibility index (Phi) is 8.44. The van der Waals surface area contributed by atoms with Crippen molar-refractivity contribution < 1.29 is 19.4 Å². The van der Waals surface area contributed by atoms with Crippen LogP contribution in [0.1, 0.15) is 35.6 Å². The zero-order valence-electron chi connectivity index (χ0n) is 20.5. The van der Waals surface area contributed by atoms with E-state index in [1.807, 2.05) is 80.6 Å². The van der Waals surface area contributed by atoms with Crippen molar-refractivity contribution in [3.05, 3.63) is 99.5 Å². The van der Waals surface area contributed by atoms with Gasteiger partial charge in [-0.2, -0.15) is 0 Å². The van der Waals surface area contributed by atoms with E-state index in [9.17, 15) is 4.79 Å². The summed E-state index contributed by atoms with van der Waals surface area (Å²) in [7, 11) is 0. The molecule has 188 valence electrons. The van der Waals surface area contributed by atoms with Gasteiger partial charge in [0.1, 0.15) is 11.9 Å². The molecule has 4 rings (SSSR count). The van der Waals surface area contributed by atoms with Gasteiger partial charge in [-0.1, -0.05) is 64.0 Å². The first-order valence-electron chi connectivity index (χ1n) is 12.1. The zero-order chi connectivity index (χ0) is 25.5. The second-order valence-electron chi connectivity index (χ2n) is 8.99. The number of hydrogen-bond donors (Lipinski definition) is 2. The molecule has 0 radical (unpaired) electrons. The smallest absolute Gasteiger partial charge is 0.252 e. The van der Waals surface area contributed by atoms with Gasteiger partial charge in [0.25, 0.3) is 5.91 Å². The largest absolute Gasteiger partial charge is 0.494 e. The van der Waals surface area contributed by atoms with Crippen LogP contribution >= 0.6 is 15.9 Å². The molecule has 0 bridgehead atoms. The molecule has 3 aromatic rings. The van der Waals surface area contributed by atoms with Crippen LogP contribution in [-0.2, 0) is 22.5 Å². The SMILES string of the molecule is Cc1cccc(CNC(=O)[C@]2(Cc3ccccc3Br)N=C(c3ccc(OCCCO)cc3)O[C@@H]2C)c1. The lowest BCUT2D eigenvalue weighted by atomic mass is 9.86. The molecule has 7 heteroatoms. The molecule has 0 unspecified atom stereocenters. The average molecular weight is 551 g/mol. The number of rotatable bonds is 10. The number of amides is 1. The van der Waals surface area contributed by atoms with Gasteiger partial charge in [0.15, 0.2) is 5.54 Å². The van der Waals surface area contributed by atoms with E-state index in [0.29, 0.717) is 37.6 Å². The summed E-state index contributed by atoms with van der Waals surface area (Å²) in [5.74, 6) is 0.961. The van der Waals surface area contributed by atoms with Crippen LogP contribution in [0, 0.1) is 6.92 Å². The number of hydrogen-bond acceptors (Lipinski definition) is 5. The minimum absolute atomic E-state index is 0.0895. The Morgan fingerprint density at radius 3 is 2.64 bits per heavy atom. The van der Waals surface area contributed by atoms with E-state index in [1.54, 1.807) is 0 Å². The van der Waals surface area contributed by atoms with Gasteiger partial charge in [0, 0.05) is 36.0 Å². The van der Waals surface area contributed by atoms with Crippen LogP contribution in [0.2, 0.25) is 0 Å². The van der Waals surface area contributed by atoms with Gasteiger partial charge in [0.05, 0.1) is 6.61 Å². The molecule has 0 saturated heterocycles. The first-order chi connectivity index (χ1) is 17.4. The highest BCUT2D eigenvalue weighted by Gasteiger charge is 2.50. The lowest BCUT2D eigenvalue weighted by Crippen LogP contribution is -2.52. The summed E-state index contributed by atoms with van der Waals surface area (Å²) in [5.41, 5.74) is 2.81. The van der Waals surface area contributed by atoms with Crippen LogP contribution in [0.4, 0.5) is 0 Å². The summed E-state index contributed by atoms with van der Waals surface area (Å²) in [6.07, 6.45) is 0.489. The predicted octanol–water partition coefficient (Wildman–Crippen LogP) is 4.98. The number of ether oxygens (including phenoxy) is 2. The Hall–Kier alpha value is -3.16. The standard InChI is InChI=1S/C29H31BrN2O4/c1-20-7-5-8-22(17-20)19-31-28(34)29(18-24-9-3-4-10-26(24)30)21(2)36-27(32-29)23-11-13-25(14-12-23)35-16-6-15-33/h3-5,7-14,17,21,33H,6,15-16,18-19H2,1-2H3,(H,31,34)/t21-,29-/m1/s1. The van der Waals surface area contributed by atoms with E-state index in [-0.39, 0.29) is 12.5 Å². The van der Waals surface area contributed by atoms with Gasteiger partial charge in [0.2, 0.25) is 5.90 Å². The maximum atomic E-state index is 13.8. The number of carbonyl (C=O) groups excluding carboxylic acids is 1. The molecular formula is C29H31BrN2O4. The highest BCUT2D eigenvalue weighted by Crippen LogP contribution is 2.34. The second kappa shape index (κ2) is 11.7. The van der Waals surface area contributed by atoms with E-state index >= 15 is 0 Å². The van der Waals surface area contributed by atoms with Crippen molar-refractivity contribution >= 4 is 27.7 Å². The molecule has 3 aromatic carbocycles. The molecule has 1 aliphatic heterocycles. The maximum absolute atomic E-state index is 13.8. The molecule has 0 fully saturated rings. The van der Waals surface area contributed by atoms with Gasteiger partial charge in [-0.25, -0.2) is 4.99 Å². The van der Waals surface area contributed by atoms with Crippen molar-refractivity contribution in [1.82, 2.24) is 5.32 Å². The van der Waals surface area contributed by atoms with Crippen molar-refractivity contribution in [1.29, 1.82) is 0 Å². The quantitative estimate of drug-likeness (QED) is 0.349. The van der Waals surface area contributed by atoms with E-state index in [2.05, 4.69) is 27.3 Å². The summed E-state index contributed by atoms with van der Waals surface area (Å²) in [5, 5.41) is 12.0. The normalized spacial score (nSPS) is 18.9. The third kappa shape index (κ3) is 5.97. The Bertz CT molecular complexity index is 1230. The van der Waals surface area contributed by atoms with E-state index in [1.165, 1.54) is 0 Å². The van der Waals surface area contributed by atoms with E-state index in [0.717, 1.165) is 26.7 Å². The molecule has 1 amide bonds. The van der Waals surface area contributed by atoms with Crippen molar-refractivity contribution in [2.24, 2.45) is 4.99 Å². The summed E-state index contributed by atoms with van der Waals surface area (Å²) in [6.45, 7) is 4.88. The van der Waals surface area contributed by atoms with E-state index in [4.69, 9.17) is 19.6 Å². The fraction of sp³-hybridized carbons (Fsp3) is 0.310. The van der Waals surface area contributed by atoms with Gasteiger partial charge < -0.3 is 19.9 Å². The molecular weight excluding hydrogens is 520 g/mol. The number of aliphatic imine (C=N–C) groups is 1. The first-order valence-corrected chi connectivity index (χ1v) is 12.9. The van der Waals surface area contributed by atoms with Crippen LogP contribution in [0.3, 0.4) is 0 Å². The lowest BCUT2D eigenvalue weighted by molar-refractivity contribution is -0.128. The summed E-state index contributed by atoms with van der Waals surface area (Å²) < 4.78 is 12.8. The van der Waals surface area contributed by atoms with Crippen LogP contribution < -0.4 is 10.1 Å². The van der Waals surface area contributed by atoms with Crippen molar-refractivity contribution in [3.8, 4) is 5.75 Å². The number of nitrogens with one attached hydrogen (secondary N) is 1. The Morgan fingerprint density at radius 2 is 1.92 bits per heavy atom. The molecule has 0 aromatic heterocycles. The average Bonchev–Trinajstić information content (AvgIpc) is 3.21. The molecule has 0 aliphatic carbocycles. The first kappa shape index (κ1) is 25.9. The minimum atomic E-state index is -1.13. The molecule has 6 nitrogen and oxygen atoms in total. The van der Waals surface area contributed by atoms with Gasteiger partial charge in [-0.15, -0.1) is 0 Å². The van der Waals surface area contributed by atoms with Crippen LogP contribution in [0.5, 0.6) is 5.75 Å². The zero-order valence-corrected chi connectivity index (χ0v) is 22.1. The summed E-state index contributed by atoms with van der Waals surface area (Å²) >= 11 is 3.62. The fourth-order valence-electron chi connectivity index (χ4n) is 4.23. The third-order valence-corrected chi connectivity index (χ3v) is 7.05. The second-order valence-corrected chi connectivity index (χ2v) is 9.85. The third-order valence-electron chi connectivity index (χ3n) is 6.28. The van der Waals surface area contributed by atoms with Gasteiger partial charge in [-0.05, 0) is 55.3 Å². The monoisotopic (exact) mass is 550 g/mol. The Morgan fingerprint density at radius 1 is 1.14 bits per heavy atom. The Labute approximate surface area is 220 Å². The minimum Gasteiger partial charge on any atom is -0.494 e. The van der Waals surface area contributed by atoms with Gasteiger partial charge >= 0.3 is 0 Å².